The van der Waals surface area contributed by atoms with Gasteiger partial charge in [0.15, 0.2) is 0 Å². The van der Waals surface area contributed by atoms with Gasteiger partial charge in [-0.15, -0.1) is 0 Å². The SMILES string of the molecule is O=C(CCC1CCCC1)NCC(c1ccsc1)N1CCCCCC1. The zero-order valence-electron chi connectivity index (χ0n) is 14.8. The van der Waals surface area contributed by atoms with Gasteiger partial charge >= 0.3 is 0 Å². The average molecular weight is 349 g/mol. The number of thiophene rings is 1. The van der Waals surface area contributed by atoms with Crippen LogP contribution in [0.15, 0.2) is 16.8 Å². The summed E-state index contributed by atoms with van der Waals surface area (Å²) in [4.78, 5) is 14.9. The maximum absolute atomic E-state index is 12.3. The molecule has 1 aliphatic carbocycles. The molecule has 1 unspecified atom stereocenters. The molecule has 4 heteroatoms. The quantitative estimate of drug-likeness (QED) is 0.771. The Morgan fingerprint density at radius 2 is 1.92 bits per heavy atom. The van der Waals surface area contributed by atoms with Crippen molar-refractivity contribution in [2.24, 2.45) is 5.92 Å². The van der Waals surface area contributed by atoms with Crippen LogP contribution in [0.3, 0.4) is 0 Å². The summed E-state index contributed by atoms with van der Waals surface area (Å²) in [5.41, 5.74) is 1.37. The minimum Gasteiger partial charge on any atom is -0.354 e. The van der Waals surface area contributed by atoms with Crippen molar-refractivity contribution in [1.29, 1.82) is 0 Å². The normalized spacial score (nSPS) is 21.5. The first-order chi connectivity index (χ1) is 11.8. The Morgan fingerprint density at radius 1 is 1.17 bits per heavy atom. The second kappa shape index (κ2) is 9.57. The van der Waals surface area contributed by atoms with E-state index in [9.17, 15) is 4.79 Å². The Bertz CT molecular complexity index is 474. The van der Waals surface area contributed by atoms with Gasteiger partial charge in [-0.2, -0.15) is 11.3 Å². The molecule has 1 saturated heterocycles. The molecule has 24 heavy (non-hydrogen) atoms. The van der Waals surface area contributed by atoms with Crippen LogP contribution >= 0.6 is 11.3 Å². The van der Waals surface area contributed by atoms with E-state index in [4.69, 9.17) is 0 Å². The molecule has 1 aromatic rings. The monoisotopic (exact) mass is 348 g/mol. The van der Waals surface area contributed by atoms with Crippen molar-refractivity contribution in [3.05, 3.63) is 22.4 Å². The number of rotatable bonds is 7. The zero-order chi connectivity index (χ0) is 16.6. The van der Waals surface area contributed by atoms with E-state index in [-0.39, 0.29) is 5.91 Å². The van der Waals surface area contributed by atoms with E-state index in [0.29, 0.717) is 12.5 Å². The third-order valence-corrected chi connectivity index (χ3v) is 6.46. The van der Waals surface area contributed by atoms with Crippen LogP contribution in [-0.4, -0.2) is 30.4 Å². The van der Waals surface area contributed by atoms with Gasteiger partial charge in [0.2, 0.25) is 5.91 Å². The molecule has 0 bridgehead atoms. The van der Waals surface area contributed by atoms with Crippen LogP contribution in [0, 0.1) is 5.92 Å². The van der Waals surface area contributed by atoms with Gasteiger partial charge in [-0.25, -0.2) is 0 Å². The van der Waals surface area contributed by atoms with Crippen molar-refractivity contribution in [1.82, 2.24) is 10.2 Å². The van der Waals surface area contributed by atoms with E-state index in [1.807, 2.05) is 0 Å². The van der Waals surface area contributed by atoms with Gasteiger partial charge in [0.1, 0.15) is 0 Å². The Balaban J connectivity index is 1.50. The third kappa shape index (κ3) is 5.32. The Kier molecular flexibility index (Phi) is 7.15. The molecule has 1 atom stereocenters. The second-order valence-corrected chi connectivity index (χ2v) is 8.30. The minimum absolute atomic E-state index is 0.247. The predicted molar refractivity (Wildman–Crippen MR) is 101 cm³/mol. The number of nitrogens with one attached hydrogen (secondary N) is 1. The largest absolute Gasteiger partial charge is 0.354 e. The smallest absolute Gasteiger partial charge is 0.220 e. The molecule has 0 aromatic carbocycles. The lowest BCUT2D eigenvalue weighted by Crippen LogP contribution is -2.38. The van der Waals surface area contributed by atoms with Crippen molar-refractivity contribution in [2.75, 3.05) is 19.6 Å². The lowest BCUT2D eigenvalue weighted by atomic mass is 10.0. The molecule has 2 heterocycles. The number of likely N-dealkylation sites (tertiary alicyclic amines) is 1. The molecule has 0 spiro atoms. The van der Waals surface area contributed by atoms with E-state index in [1.54, 1.807) is 11.3 Å². The lowest BCUT2D eigenvalue weighted by Gasteiger charge is -2.30. The van der Waals surface area contributed by atoms with Gasteiger partial charge in [0.25, 0.3) is 0 Å². The standard InChI is InChI=1S/C20H32N2OS/c23-20(10-9-17-7-3-4-8-17)21-15-19(18-11-14-24-16-18)22-12-5-1-2-6-13-22/h11,14,16-17,19H,1-10,12-13,15H2,(H,21,23). The number of hydrogen-bond acceptors (Lipinski definition) is 3. The maximum atomic E-state index is 12.3. The van der Waals surface area contributed by atoms with Gasteiger partial charge in [0.05, 0.1) is 6.04 Å². The van der Waals surface area contributed by atoms with Crippen LogP contribution in [-0.2, 0) is 4.79 Å². The molecule has 1 aromatic heterocycles. The Labute approximate surface area is 150 Å². The third-order valence-electron chi connectivity index (χ3n) is 5.76. The summed E-state index contributed by atoms with van der Waals surface area (Å²) >= 11 is 1.76. The Hall–Kier alpha value is -0.870. The first kappa shape index (κ1) is 17.9. The summed E-state index contributed by atoms with van der Waals surface area (Å²) in [6.45, 7) is 3.09. The molecule has 2 fully saturated rings. The molecule has 2 aliphatic rings. The highest BCUT2D eigenvalue weighted by Gasteiger charge is 2.23. The van der Waals surface area contributed by atoms with Crippen LogP contribution in [0.5, 0.6) is 0 Å². The van der Waals surface area contributed by atoms with E-state index < -0.39 is 0 Å². The maximum Gasteiger partial charge on any atom is 0.220 e. The fourth-order valence-corrected chi connectivity index (χ4v) is 4.97. The average Bonchev–Trinajstić information content (AvgIpc) is 3.24. The molecule has 3 rings (SSSR count). The first-order valence-electron chi connectivity index (χ1n) is 9.86. The number of nitrogens with zero attached hydrogens (tertiary/aromatic N) is 1. The highest BCUT2D eigenvalue weighted by atomic mass is 32.1. The van der Waals surface area contributed by atoms with Gasteiger partial charge in [-0.05, 0) is 60.7 Å². The molecule has 1 aliphatic heterocycles. The van der Waals surface area contributed by atoms with Crippen LogP contribution in [0.1, 0.15) is 75.8 Å². The van der Waals surface area contributed by atoms with Crippen LogP contribution < -0.4 is 5.32 Å². The van der Waals surface area contributed by atoms with Crippen molar-refractivity contribution in [2.45, 2.75) is 70.3 Å². The van der Waals surface area contributed by atoms with E-state index >= 15 is 0 Å². The molecular weight excluding hydrogens is 316 g/mol. The van der Waals surface area contributed by atoms with Crippen LogP contribution in [0.4, 0.5) is 0 Å². The van der Waals surface area contributed by atoms with Gasteiger partial charge in [0, 0.05) is 13.0 Å². The highest BCUT2D eigenvalue weighted by molar-refractivity contribution is 7.07. The van der Waals surface area contributed by atoms with Gasteiger partial charge in [-0.1, -0.05) is 38.5 Å². The van der Waals surface area contributed by atoms with E-state index in [2.05, 4.69) is 27.0 Å². The van der Waals surface area contributed by atoms with Crippen LogP contribution in [0.25, 0.3) is 0 Å². The first-order valence-corrected chi connectivity index (χ1v) is 10.8. The fourth-order valence-electron chi connectivity index (χ4n) is 4.26. The molecular formula is C20H32N2OS. The second-order valence-electron chi connectivity index (χ2n) is 7.52. The molecule has 1 saturated carbocycles. The van der Waals surface area contributed by atoms with Crippen LogP contribution in [0.2, 0.25) is 0 Å². The van der Waals surface area contributed by atoms with Crippen molar-refractivity contribution < 1.29 is 4.79 Å². The zero-order valence-corrected chi connectivity index (χ0v) is 15.7. The fraction of sp³-hybridized carbons (Fsp3) is 0.750. The summed E-state index contributed by atoms with van der Waals surface area (Å²) in [5, 5.41) is 7.64. The molecule has 3 nitrogen and oxygen atoms in total. The summed E-state index contributed by atoms with van der Waals surface area (Å²) in [6.07, 6.45) is 12.5. The molecule has 0 radical (unpaired) electrons. The van der Waals surface area contributed by atoms with Gasteiger partial charge in [-0.3, -0.25) is 9.69 Å². The highest BCUT2D eigenvalue weighted by Crippen LogP contribution is 2.29. The number of carbonyl (C=O) groups excluding carboxylic acids is 1. The lowest BCUT2D eigenvalue weighted by molar-refractivity contribution is -0.121. The molecule has 134 valence electrons. The number of carbonyl (C=O) groups is 1. The van der Waals surface area contributed by atoms with Crippen molar-refractivity contribution in [3.63, 3.8) is 0 Å². The predicted octanol–water partition coefficient (Wildman–Crippen LogP) is 4.75. The van der Waals surface area contributed by atoms with Gasteiger partial charge < -0.3 is 5.32 Å². The van der Waals surface area contributed by atoms with E-state index in [1.165, 1.54) is 70.0 Å². The number of hydrogen-bond donors (Lipinski definition) is 1. The summed E-state index contributed by atoms with van der Waals surface area (Å²) < 4.78 is 0. The molecule has 1 N–H and O–H groups in total. The minimum atomic E-state index is 0.247. The summed E-state index contributed by atoms with van der Waals surface area (Å²) in [7, 11) is 0. The summed E-state index contributed by atoms with van der Waals surface area (Å²) in [5.74, 6) is 1.05. The Morgan fingerprint density at radius 3 is 2.58 bits per heavy atom. The van der Waals surface area contributed by atoms with Crippen molar-refractivity contribution >= 4 is 17.2 Å². The number of amides is 1. The van der Waals surface area contributed by atoms with E-state index in [0.717, 1.165) is 18.9 Å². The topological polar surface area (TPSA) is 32.3 Å². The van der Waals surface area contributed by atoms with Crippen molar-refractivity contribution in [3.8, 4) is 0 Å². The molecule has 1 amide bonds. The summed E-state index contributed by atoms with van der Waals surface area (Å²) in [6, 6.07) is 2.58.